The summed E-state index contributed by atoms with van der Waals surface area (Å²) in [6, 6.07) is 16.5. The fourth-order valence-electron chi connectivity index (χ4n) is 3.68. The number of aliphatic hydroxyl groups excluding tert-OH is 1. The molecule has 28 heavy (non-hydrogen) atoms. The Hall–Kier alpha value is -2.92. The number of benzene rings is 3. The average molecular weight is 376 g/mol. The van der Waals surface area contributed by atoms with Crippen molar-refractivity contribution >= 4 is 27.6 Å². The number of anilines is 1. The van der Waals surface area contributed by atoms with E-state index in [1.54, 1.807) is 0 Å². The predicted octanol–water partition coefficient (Wildman–Crippen LogP) is 3.69. The zero-order valence-corrected chi connectivity index (χ0v) is 16.4. The molecule has 0 saturated heterocycles. The summed E-state index contributed by atoms with van der Waals surface area (Å²) in [5.41, 5.74) is 3.48. The summed E-state index contributed by atoms with van der Waals surface area (Å²) in [6.07, 6.45) is 0.701. The highest BCUT2D eigenvalue weighted by atomic mass is 16.3. The van der Waals surface area contributed by atoms with E-state index in [-0.39, 0.29) is 6.61 Å². The van der Waals surface area contributed by atoms with Crippen molar-refractivity contribution in [2.75, 3.05) is 31.6 Å². The summed E-state index contributed by atoms with van der Waals surface area (Å²) < 4.78 is 8.60. The van der Waals surface area contributed by atoms with Gasteiger partial charge in [-0.2, -0.15) is 0 Å². The van der Waals surface area contributed by atoms with Gasteiger partial charge in [0, 0.05) is 41.7 Å². The van der Waals surface area contributed by atoms with Crippen molar-refractivity contribution in [2.45, 2.75) is 20.3 Å². The second kappa shape index (κ2) is 7.98. The van der Waals surface area contributed by atoms with Gasteiger partial charge in [0.1, 0.15) is 24.3 Å². The maximum absolute atomic E-state index is 9.09. The number of nitrogens with one attached hydrogen (secondary N) is 1. The number of nitrogens with zero attached hydrogens (tertiary/aromatic N) is 2. The van der Waals surface area contributed by atoms with E-state index in [4.69, 9.17) is 14.5 Å². The topological polar surface area (TPSA) is 61.3 Å². The minimum absolute atomic E-state index is 0.170. The molecule has 2 N–H and O–H groups in total. The van der Waals surface area contributed by atoms with Crippen LogP contribution < -0.4 is 15.2 Å². The van der Waals surface area contributed by atoms with E-state index in [9.17, 15) is 0 Å². The van der Waals surface area contributed by atoms with Crippen LogP contribution in [0.1, 0.15) is 20.3 Å². The van der Waals surface area contributed by atoms with Crippen LogP contribution in [0.3, 0.4) is 0 Å². The molecule has 2 aromatic rings. The molecule has 0 atom stereocenters. The lowest BCUT2D eigenvalue weighted by atomic mass is 10.1. The molecule has 0 radical (unpaired) electrons. The molecule has 0 unspecified atom stereocenters. The van der Waals surface area contributed by atoms with Crippen molar-refractivity contribution in [3.63, 3.8) is 0 Å². The van der Waals surface area contributed by atoms with Gasteiger partial charge in [-0.15, -0.1) is 0 Å². The molecule has 5 nitrogen and oxygen atoms in total. The molecule has 0 amide bonds. The molecule has 2 aromatic carbocycles. The maximum atomic E-state index is 9.09. The summed E-state index contributed by atoms with van der Waals surface area (Å²) in [5.74, 6) is 0.786. The lowest BCUT2D eigenvalue weighted by Gasteiger charge is -2.13. The number of hydrogen-bond acceptors (Lipinski definition) is 4. The fourth-order valence-corrected chi connectivity index (χ4v) is 3.68. The number of fused-ring (bicyclic) bond motifs is 4. The van der Waals surface area contributed by atoms with Crippen LogP contribution in [0.2, 0.25) is 0 Å². The van der Waals surface area contributed by atoms with Gasteiger partial charge in [-0.3, -0.25) is 0 Å². The van der Waals surface area contributed by atoms with E-state index in [0.29, 0.717) is 13.0 Å². The quantitative estimate of drug-likeness (QED) is 0.233. The largest absolute Gasteiger partial charge is 0.452 e. The van der Waals surface area contributed by atoms with Gasteiger partial charge in [0.2, 0.25) is 5.36 Å². The first-order chi connectivity index (χ1) is 13.7. The standard InChI is InChI=1S/C23H25N3O2/c1-3-26(4-2)16-10-11-19-21(14-16)28-22-15-20(24-12-7-13-27)17-8-5-6-9-18(17)23(22)25-19/h5-6,8-11,14-15,27H,3-4,7,12-13H2,1-2H3/p+1. The Morgan fingerprint density at radius 3 is 2.57 bits per heavy atom. The van der Waals surface area contributed by atoms with E-state index < -0.39 is 0 Å². The molecule has 144 valence electrons. The van der Waals surface area contributed by atoms with Gasteiger partial charge in [0.05, 0.1) is 6.07 Å². The van der Waals surface area contributed by atoms with E-state index in [2.05, 4.69) is 48.0 Å². The van der Waals surface area contributed by atoms with E-state index in [0.717, 1.165) is 57.5 Å². The lowest BCUT2D eigenvalue weighted by molar-refractivity contribution is 0.292. The molecule has 0 saturated carbocycles. The SMILES string of the molecule is CC[N+](CC)=c1ccc2nc3c(cc(NCCCO)c4ccccc43)oc-2c1. The van der Waals surface area contributed by atoms with Crippen molar-refractivity contribution in [1.29, 1.82) is 0 Å². The summed E-state index contributed by atoms with van der Waals surface area (Å²) >= 11 is 0. The van der Waals surface area contributed by atoms with Crippen LogP contribution in [0.25, 0.3) is 33.3 Å². The number of aromatic nitrogens is 1. The van der Waals surface area contributed by atoms with Crippen molar-refractivity contribution in [3.05, 3.63) is 53.9 Å². The third-order valence-electron chi connectivity index (χ3n) is 5.16. The van der Waals surface area contributed by atoms with Gasteiger partial charge in [-0.05, 0) is 26.3 Å². The maximum Gasteiger partial charge on any atom is 0.203 e. The van der Waals surface area contributed by atoms with Crippen LogP contribution >= 0.6 is 0 Å². The minimum atomic E-state index is 0.170. The van der Waals surface area contributed by atoms with Crippen LogP contribution in [-0.2, 0) is 0 Å². The van der Waals surface area contributed by atoms with Crippen molar-refractivity contribution in [1.82, 2.24) is 9.56 Å². The molecular formula is C23H26N3O2+. The third kappa shape index (κ3) is 3.34. The molecule has 1 aliphatic carbocycles. The van der Waals surface area contributed by atoms with E-state index in [1.807, 2.05) is 24.3 Å². The highest BCUT2D eigenvalue weighted by molar-refractivity contribution is 6.10. The highest BCUT2D eigenvalue weighted by Crippen LogP contribution is 2.33. The summed E-state index contributed by atoms with van der Waals surface area (Å²) in [5, 5.41) is 15.8. The third-order valence-corrected chi connectivity index (χ3v) is 5.16. The summed E-state index contributed by atoms with van der Waals surface area (Å²) in [6.45, 7) is 7.08. The Balaban J connectivity index is 1.96. The zero-order valence-electron chi connectivity index (χ0n) is 16.4. The second-order valence-electron chi connectivity index (χ2n) is 6.86. The number of aliphatic hydroxyl groups is 1. The zero-order chi connectivity index (χ0) is 19.5. The molecule has 1 aliphatic heterocycles. The Morgan fingerprint density at radius 2 is 1.82 bits per heavy atom. The van der Waals surface area contributed by atoms with Crippen LogP contribution in [0.4, 0.5) is 5.69 Å². The molecular weight excluding hydrogens is 350 g/mol. The lowest BCUT2D eigenvalue weighted by Crippen LogP contribution is -2.29. The smallest absolute Gasteiger partial charge is 0.203 e. The number of rotatable bonds is 6. The van der Waals surface area contributed by atoms with Gasteiger partial charge < -0.3 is 14.8 Å². The minimum Gasteiger partial charge on any atom is -0.452 e. The number of hydrogen-bond donors (Lipinski definition) is 2. The average Bonchev–Trinajstić information content (AvgIpc) is 2.73. The van der Waals surface area contributed by atoms with E-state index in [1.165, 1.54) is 0 Å². The summed E-state index contributed by atoms with van der Waals surface area (Å²) in [7, 11) is 0. The molecule has 2 aliphatic rings. The highest BCUT2D eigenvalue weighted by Gasteiger charge is 2.15. The molecule has 5 heteroatoms. The fraction of sp³-hybridized carbons (Fsp3) is 0.304. The molecule has 1 heterocycles. The van der Waals surface area contributed by atoms with Crippen molar-refractivity contribution in [2.24, 2.45) is 0 Å². The van der Waals surface area contributed by atoms with Crippen LogP contribution in [0.5, 0.6) is 0 Å². The molecule has 0 aromatic heterocycles. The van der Waals surface area contributed by atoms with Crippen LogP contribution in [0, 0.1) is 0 Å². The Morgan fingerprint density at radius 1 is 1.04 bits per heavy atom. The molecule has 0 bridgehead atoms. The van der Waals surface area contributed by atoms with Crippen LogP contribution in [0.15, 0.2) is 52.9 Å². The van der Waals surface area contributed by atoms with Gasteiger partial charge in [-0.1, -0.05) is 24.3 Å². The van der Waals surface area contributed by atoms with Gasteiger partial charge >= 0.3 is 0 Å². The molecule has 0 spiro atoms. The van der Waals surface area contributed by atoms with Gasteiger partial charge in [-0.25, -0.2) is 9.56 Å². The van der Waals surface area contributed by atoms with E-state index >= 15 is 0 Å². The van der Waals surface area contributed by atoms with Crippen molar-refractivity contribution in [3.8, 4) is 11.5 Å². The van der Waals surface area contributed by atoms with Gasteiger partial charge in [0.15, 0.2) is 11.3 Å². The Bertz CT molecular complexity index is 1160. The van der Waals surface area contributed by atoms with Crippen LogP contribution in [-0.4, -0.2) is 36.3 Å². The summed E-state index contributed by atoms with van der Waals surface area (Å²) in [4.78, 5) is 4.92. The normalized spacial score (nSPS) is 11.4. The van der Waals surface area contributed by atoms with Crippen molar-refractivity contribution < 1.29 is 9.52 Å². The molecule has 4 rings (SSSR count). The van der Waals surface area contributed by atoms with Gasteiger partial charge in [0.25, 0.3) is 0 Å². The second-order valence-corrected chi connectivity index (χ2v) is 6.86. The first-order valence-electron chi connectivity index (χ1n) is 9.94. The predicted molar refractivity (Wildman–Crippen MR) is 115 cm³/mol. The monoisotopic (exact) mass is 376 g/mol. The molecule has 0 fully saturated rings. The Kier molecular flexibility index (Phi) is 5.26. The Labute approximate surface area is 164 Å². The first kappa shape index (κ1) is 18.4. The first-order valence-corrected chi connectivity index (χ1v) is 9.94.